The molecule has 0 radical (unpaired) electrons. The van der Waals surface area contributed by atoms with Crippen LogP contribution in [0.25, 0.3) is 0 Å². The van der Waals surface area contributed by atoms with Crippen molar-refractivity contribution in [1.82, 2.24) is 0 Å². The molecular formula is C18H24N2S. The van der Waals surface area contributed by atoms with Gasteiger partial charge in [-0.25, -0.2) is 0 Å². The molecule has 4 fully saturated rings. The quantitative estimate of drug-likeness (QED) is 0.807. The second-order valence-corrected chi connectivity index (χ2v) is 8.16. The van der Waals surface area contributed by atoms with E-state index in [1.807, 2.05) is 0 Å². The number of aryl methyl sites for hydroxylation is 1. The van der Waals surface area contributed by atoms with Gasteiger partial charge in [0.05, 0.1) is 0 Å². The molecule has 0 atom stereocenters. The van der Waals surface area contributed by atoms with Gasteiger partial charge in [0, 0.05) is 5.69 Å². The van der Waals surface area contributed by atoms with Crippen LogP contribution in [0.5, 0.6) is 0 Å². The van der Waals surface area contributed by atoms with Crippen LogP contribution in [0.2, 0.25) is 0 Å². The molecule has 5 rings (SSSR count). The second kappa shape index (κ2) is 4.70. The van der Waals surface area contributed by atoms with Crippen molar-refractivity contribution in [2.24, 2.45) is 23.5 Å². The standard InChI is InChI=1S/C18H24N2S/c1-11-2-3-15(7-16(11)20-17(19)21)18-8-12-4-13(9-18)6-14(5-12)10-18/h2-3,7,12-14H,4-6,8-10H2,1H3,(H3,19,20,21). The summed E-state index contributed by atoms with van der Waals surface area (Å²) in [6.45, 7) is 2.12. The maximum absolute atomic E-state index is 5.67. The molecule has 21 heavy (non-hydrogen) atoms. The monoisotopic (exact) mass is 300 g/mol. The molecule has 0 aromatic heterocycles. The summed E-state index contributed by atoms with van der Waals surface area (Å²) >= 11 is 5.02. The topological polar surface area (TPSA) is 38.0 Å². The Bertz CT molecular complexity index is 558. The van der Waals surface area contributed by atoms with E-state index in [4.69, 9.17) is 18.0 Å². The molecule has 1 aromatic rings. The maximum Gasteiger partial charge on any atom is 0.168 e. The summed E-state index contributed by atoms with van der Waals surface area (Å²) in [5.74, 6) is 2.93. The molecule has 3 heteroatoms. The largest absolute Gasteiger partial charge is 0.376 e. The summed E-state index contributed by atoms with van der Waals surface area (Å²) in [7, 11) is 0. The van der Waals surface area contributed by atoms with E-state index in [0.717, 1.165) is 23.4 Å². The van der Waals surface area contributed by atoms with E-state index in [-0.39, 0.29) is 0 Å². The highest BCUT2D eigenvalue weighted by molar-refractivity contribution is 7.80. The fourth-order valence-electron chi connectivity index (χ4n) is 5.68. The number of thiocarbonyl (C=S) groups is 1. The van der Waals surface area contributed by atoms with Crippen molar-refractivity contribution >= 4 is 23.0 Å². The number of rotatable bonds is 2. The van der Waals surface area contributed by atoms with Crippen LogP contribution in [-0.2, 0) is 5.41 Å². The summed E-state index contributed by atoms with van der Waals surface area (Å²) in [6, 6.07) is 6.91. The lowest BCUT2D eigenvalue weighted by molar-refractivity contribution is -0.00516. The Morgan fingerprint density at radius 3 is 2.24 bits per heavy atom. The first kappa shape index (κ1) is 13.6. The molecule has 4 saturated carbocycles. The molecule has 112 valence electrons. The van der Waals surface area contributed by atoms with E-state index in [0.29, 0.717) is 10.5 Å². The van der Waals surface area contributed by atoms with Crippen molar-refractivity contribution < 1.29 is 0 Å². The van der Waals surface area contributed by atoms with Crippen LogP contribution in [0.15, 0.2) is 18.2 Å². The van der Waals surface area contributed by atoms with Gasteiger partial charge < -0.3 is 11.1 Å². The highest BCUT2D eigenvalue weighted by Crippen LogP contribution is 2.60. The van der Waals surface area contributed by atoms with Crippen molar-refractivity contribution in [3.63, 3.8) is 0 Å². The Hall–Kier alpha value is -1.09. The van der Waals surface area contributed by atoms with E-state index < -0.39 is 0 Å². The first-order valence-corrected chi connectivity index (χ1v) is 8.62. The molecule has 0 unspecified atom stereocenters. The van der Waals surface area contributed by atoms with Gasteiger partial charge in [-0.2, -0.15) is 0 Å². The molecule has 0 heterocycles. The van der Waals surface area contributed by atoms with Crippen LogP contribution in [0.3, 0.4) is 0 Å². The van der Waals surface area contributed by atoms with E-state index in [9.17, 15) is 0 Å². The maximum atomic E-state index is 5.67. The van der Waals surface area contributed by atoms with E-state index in [1.54, 1.807) is 0 Å². The minimum atomic E-state index is 0.362. The number of nitrogens with two attached hydrogens (primary N) is 1. The van der Waals surface area contributed by atoms with Gasteiger partial charge in [-0.1, -0.05) is 12.1 Å². The third kappa shape index (κ3) is 2.26. The number of nitrogens with one attached hydrogen (secondary N) is 1. The van der Waals surface area contributed by atoms with Crippen molar-refractivity contribution in [2.45, 2.75) is 50.9 Å². The highest BCUT2D eigenvalue weighted by atomic mass is 32.1. The molecule has 3 N–H and O–H groups in total. The van der Waals surface area contributed by atoms with Crippen molar-refractivity contribution in [1.29, 1.82) is 0 Å². The molecular weight excluding hydrogens is 276 g/mol. The zero-order chi connectivity index (χ0) is 14.6. The van der Waals surface area contributed by atoms with E-state index >= 15 is 0 Å². The molecule has 0 amide bonds. The predicted octanol–water partition coefficient (Wildman–Crippen LogP) is 4.12. The van der Waals surface area contributed by atoms with Crippen molar-refractivity contribution in [3.8, 4) is 0 Å². The van der Waals surface area contributed by atoms with Crippen LogP contribution in [-0.4, -0.2) is 5.11 Å². The summed E-state index contributed by atoms with van der Waals surface area (Å²) in [5, 5.41) is 3.52. The van der Waals surface area contributed by atoms with Crippen LogP contribution in [0.1, 0.15) is 49.7 Å². The van der Waals surface area contributed by atoms with Crippen LogP contribution in [0.4, 0.5) is 5.69 Å². The first-order chi connectivity index (χ1) is 10.0. The number of hydrogen-bond acceptors (Lipinski definition) is 1. The Balaban J connectivity index is 1.71. The minimum absolute atomic E-state index is 0.362. The van der Waals surface area contributed by atoms with Gasteiger partial charge in [-0.15, -0.1) is 0 Å². The molecule has 2 nitrogen and oxygen atoms in total. The molecule has 0 aliphatic heterocycles. The van der Waals surface area contributed by atoms with Crippen molar-refractivity contribution in [2.75, 3.05) is 5.32 Å². The summed E-state index contributed by atoms with van der Waals surface area (Å²) in [5.41, 5.74) is 9.94. The highest BCUT2D eigenvalue weighted by Gasteiger charge is 2.51. The van der Waals surface area contributed by atoms with Crippen LogP contribution < -0.4 is 11.1 Å². The normalized spacial score (nSPS) is 36.7. The first-order valence-electron chi connectivity index (χ1n) is 8.22. The average Bonchev–Trinajstić information content (AvgIpc) is 2.39. The second-order valence-electron chi connectivity index (χ2n) is 7.72. The molecule has 1 aromatic carbocycles. The molecule has 4 aliphatic rings. The Morgan fingerprint density at radius 2 is 1.71 bits per heavy atom. The molecule has 4 aliphatic carbocycles. The van der Waals surface area contributed by atoms with Crippen LogP contribution in [0, 0.1) is 24.7 Å². The van der Waals surface area contributed by atoms with Gasteiger partial charge in [0.2, 0.25) is 0 Å². The Morgan fingerprint density at radius 1 is 1.14 bits per heavy atom. The SMILES string of the molecule is Cc1ccc(C23CC4CC(CC(C4)C2)C3)cc1NC(N)=S. The number of benzene rings is 1. The van der Waals surface area contributed by atoms with Gasteiger partial charge in [-0.05, 0) is 98.0 Å². The fourth-order valence-corrected chi connectivity index (χ4v) is 5.79. The van der Waals surface area contributed by atoms with Crippen LogP contribution >= 0.6 is 12.2 Å². The number of hydrogen-bond donors (Lipinski definition) is 2. The summed E-state index contributed by atoms with van der Waals surface area (Å²) < 4.78 is 0. The van der Waals surface area contributed by atoms with Gasteiger partial charge in [0.25, 0.3) is 0 Å². The Labute approximate surface area is 132 Å². The number of anilines is 1. The van der Waals surface area contributed by atoms with Crippen molar-refractivity contribution in [3.05, 3.63) is 29.3 Å². The molecule has 4 bridgehead atoms. The Kier molecular flexibility index (Phi) is 3.04. The lowest BCUT2D eigenvalue weighted by Crippen LogP contribution is -2.48. The predicted molar refractivity (Wildman–Crippen MR) is 91.4 cm³/mol. The van der Waals surface area contributed by atoms with Gasteiger partial charge in [0.1, 0.15) is 0 Å². The lowest BCUT2D eigenvalue weighted by Gasteiger charge is -2.57. The third-order valence-corrected chi connectivity index (χ3v) is 6.25. The van der Waals surface area contributed by atoms with Gasteiger partial charge >= 0.3 is 0 Å². The van der Waals surface area contributed by atoms with Gasteiger partial charge in [0.15, 0.2) is 5.11 Å². The lowest BCUT2D eigenvalue weighted by atomic mass is 9.48. The zero-order valence-electron chi connectivity index (χ0n) is 12.7. The van der Waals surface area contributed by atoms with Gasteiger partial charge in [-0.3, -0.25) is 0 Å². The van der Waals surface area contributed by atoms with E-state index in [1.165, 1.54) is 49.7 Å². The summed E-state index contributed by atoms with van der Waals surface area (Å²) in [4.78, 5) is 0. The average molecular weight is 300 g/mol. The molecule has 0 spiro atoms. The molecule has 0 saturated heterocycles. The third-order valence-electron chi connectivity index (χ3n) is 6.15. The summed E-state index contributed by atoms with van der Waals surface area (Å²) in [6.07, 6.45) is 8.66. The van der Waals surface area contributed by atoms with E-state index in [2.05, 4.69) is 30.4 Å². The fraction of sp³-hybridized carbons (Fsp3) is 0.611. The minimum Gasteiger partial charge on any atom is -0.376 e. The smallest absolute Gasteiger partial charge is 0.168 e. The zero-order valence-corrected chi connectivity index (χ0v) is 13.5.